The molecule has 0 amide bonds. The van der Waals surface area contributed by atoms with Crippen LogP contribution in [0.15, 0.2) is 18.5 Å². The molecule has 8 heteroatoms. The van der Waals surface area contributed by atoms with Crippen LogP contribution < -0.4 is 14.8 Å². The Kier molecular flexibility index (Phi) is 3.17. The lowest BCUT2D eigenvalue weighted by Crippen LogP contribution is -2.37. The quantitative estimate of drug-likeness (QED) is 0.598. The second kappa shape index (κ2) is 9.64. The summed E-state index contributed by atoms with van der Waals surface area (Å²) in [5, 5.41) is 2.28. The number of piperidine rings is 1. The standard InChI is InChI=1S/C22H30BrFN4O2/c1-28-7-5-14(6-8-28)12-30-21-11-19-16(10-20(21)29-2)22(26-13-25-19)27-18-4-3-15(23)9-17(18)24/h10-11,13-15,17-18H,3-9,12H2,1-2H3,(H,25,26,27)/i1D3,2D3,3D2,4D2,9D2,12D2,15D. The molecule has 1 N–H and O–H groups in total. The summed E-state index contributed by atoms with van der Waals surface area (Å²) < 4.78 is 147. The Bertz CT molecular complexity index is 1420. The van der Waals surface area contributed by atoms with E-state index in [0.717, 1.165) is 18.5 Å². The maximum absolute atomic E-state index is 15.6. The van der Waals surface area contributed by atoms with Crippen LogP contribution in [-0.2, 0) is 0 Å². The number of hydrogen-bond acceptors (Lipinski definition) is 6. The van der Waals surface area contributed by atoms with Gasteiger partial charge < -0.3 is 19.7 Å². The Labute approximate surface area is 206 Å². The highest BCUT2D eigenvalue weighted by molar-refractivity contribution is 9.09. The van der Waals surface area contributed by atoms with E-state index in [4.69, 9.17) is 30.0 Å². The second-order valence-electron chi connectivity index (χ2n) is 6.87. The zero-order chi connectivity index (χ0) is 34.2. The molecule has 30 heavy (non-hydrogen) atoms. The van der Waals surface area contributed by atoms with E-state index in [1.807, 2.05) is 0 Å². The van der Waals surface area contributed by atoms with Crippen molar-refractivity contribution in [1.82, 2.24) is 14.9 Å². The number of benzene rings is 1. The van der Waals surface area contributed by atoms with E-state index in [1.54, 1.807) is 0 Å². The summed E-state index contributed by atoms with van der Waals surface area (Å²) in [5.41, 5.74) is -0.0402. The molecule has 2 heterocycles. The van der Waals surface area contributed by atoms with Crippen LogP contribution in [0.5, 0.6) is 11.5 Å². The van der Waals surface area contributed by atoms with E-state index in [9.17, 15) is 0 Å². The van der Waals surface area contributed by atoms with E-state index in [2.05, 4.69) is 31.2 Å². The van der Waals surface area contributed by atoms with E-state index in [1.165, 1.54) is 4.90 Å². The first-order valence-electron chi connectivity index (χ1n) is 16.8. The van der Waals surface area contributed by atoms with Gasteiger partial charge in [0, 0.05) is 30.0 Å². The van der Waals surface area contributed by atoms with Gasteiger partial charge in [0.1, 0.15) is 18.3 Å². The molecule has 6 nitrogen and oxygen atoms in total. The molecular weight excluding hydrogens is 451 g/mol. The highest BCUT2D eigenvalue weighted by atomic mass is 79.9. The molecule has 1 saturated heterocycles. The van der Waals surface area contributed by atoms with Gasteiger partial charge in [-0.25, -0.2) is 14.4 Å². The molecule has 3 unspecified atom stereocenters. The third kappa shape index (κ3) is 4.97. The summed E-state index contributed by atoms with van der Waals surface area (Å²) in [4.78, 5) is 6.23. The Morgan fingerprint density at radius 3 is 3.03 bits per heavy atom. The Balaban J connectivity index is 1.73. The van der Waals surface area contributed by atoms with Gasteiger partial charge in [-0.15, -0.1) is 0 Å². The normalized spacial score (nSPS) is 42.1. The van der Waals surface area contributed by atoms with Crippen LogP contribution in [0, 0.1) is 5.92 Å². The lowest BCUT2D eigenvalue weighted by atomic mass is 9.93. The van der Waals surface area contributed by atoms with Crippen molar-refractivity contribution in [1.29, 1.82) is 0 Å². The molecular formula is C22H30BrFN4O2. The van der Waals surface area contributed by atoms with Crippen LogP contribution in [0.1, 0.15) is 52.5 Å². The smallest absolute Gasteiger partial charge is 0.163 e. The number of aromatic nitrogens is 2. The summed E-state index contributed by atoms with van der Waals surface area (Å²) in [6, 6.07) is -0.0946. The molecule has 4 rings (SSSR count). The fraction of sp³-hybridized carbons (Fsp3) is 0.636. The van der Waals surface area contributed by atoms with Crippen molar-refractivity contribution in [2.45, 2.75) is 49.0 Å². The van der Waals surface area contributed by atoms with Gasteiger partial charge in [-0.05, 0) is 64.0 Å². The molecule has 1 aromatic heterocycles. The zero-order valence-corrected chi connectivity index (χ0v) is 17.3. The van der Waals surface area contributed by atoms with Gasteiger partial charge >= 0.3 is 0 Å². The Hall–Kier alpha value is -1.67. The predicted molar refractivity (Wildman–Crippen MR) is 121 cm³/mol. The molecule has 1 aliphatic carbocycles. The third-order valence-electron chi connectivity index (χ3n) is 4.83. The number of nitrogens with one attached hydrogen (secondary N) is 1. The minimum Gasteiger partial charge on any atom is -0.493 e. The first-order valence-corrected chi connectivity index (χ1v) is 10.0. The van der Waals surface area contributed by atoms with Crippen molar-refractivity contribution in [3.63, 3.8) is 0 Å². The number of alkyl halides is 2. The summed E-state index contributed by atoms with van der Waals surface area (Å²) in [6.07, 6.45) is -11.3. The molecule has 3 atom stereocenters. The van der Waals surface area contributed by atoms with Crippen molar-refractivity contribution in [2.75, 3.05) is 39.0 Å². The number of methoxy groups -OCH3 is 1. The number of fused-ring (bicyclic) bond motifs is 1. The minimum absolute atomic E-state index is 0.0402. The van der Waals surface area contributed by atoms with Gasteiger partial charge in [-0.1, -0.05) is 15.9 Å². The molecule has 1 aromatic carbocycles. The molecule has 2 aliphatic rings. The largest absolute Gasteiger partial charge is 0.493 e. The topological polar surface area (TPSA) is 59.5 Å². The Morgan fingerprint density at radius 2 is 2.23 bits per heavy atom. The number of ether oxygens (including phenoxy) is 2. The SMILES string of the molecule is [2H]C([2H])([2H])Oc1cc2c(NC3C(F)C([2H])([2H])C([2H])(Br)C([2H])([2H])C3([2H])[2H])ncnc2cc1OC([2H])([2H])C1CCN(C([2H])([2H])[2H])CC1. The number of nitrogens with zero attached hydrogens (tertiary/aromatic N) is 3. The van der Waals surface area contributed by atoms with Gasteiger partial charge in [0.2, 0.25) is 0 Å². The van der Waals surface area contributed by atoms with Crippen molar-refractivity contribution in [3.05, 3.63) is 18.5 Å². The van der Waals surface area contributed by atoms with Crippen LogP contribution in [0.25, 0.3) is 10.9 Å². The van der Waals surface area contributed by atoms with Gasteiger partial charge in [0.15, 0.2) is 11.5 Å². The highest BCUT2D eigenvalue weighted by Gasteiger charge is 2.30. The average Bonchev–Trinajstić information content (AvgIpc) is 2.89. The van der Waals surface area contributed by atoms with Gasteiger partial charge in [0.05, 0.1) is 32.0 Å². The predicted octanol–water partition coefficient (Wildman–Crippen LogP) is 4.43. The average molecular weight is 497 g/mol. The number of likely N-dealkylation sites (tertiary alicyclic amines) is 1. The monoisotopic (exact) mass is 495 g/mol. The van der Waals surface area contributed by atoms with Crippen LogP contribution >= 0.6 is 15.9 Å². The zero-order valence-electron chi connectivity index (χ0n) is 30.7. The molecule has 2 aromatic rings. The van der Waals surface area contributed by atoms with Crippen LogP contribution in [0.3, 0.4) is 0 Å². The maximum atomic E-state index is 15.6. The molecule has 2 fully saturated rings. The molecule has 164 valence electrons. The fourth-order valence-corrected chi connectivity index (χ4v) is 3.53. The van der Waals surface area contributed by atoms with Gasteiger partial charge in [0.25, 0.3) is 0 Å². The first-order chi connectivity index (χ1) is 20.2. The van der Waals surface area contributed by atoms with Crippen LogP contribution in [-0.4, -0.2) is 65.5 Å². The minimum atomic E-state index is -3.28. The van der Waals surface area contributed by atoms with E-state index in [-0.39, 0.29) is 42.7 Å². The van der Waals surface area contributed by atoms with Crippen LogP contribution in [0.2, 0.25) is 0 Å². The Morgan fingerprint density at radius 1 is 1.37 bits per heavy atom. The van der Waals surface area contributed by atoms with Crippen molar-refractivity contribution >= 4 is 32.7 Å². The van der Waals surface area contributed by atoms with E-state index >= 15 is 4.39 Å². The lowest BCUT2D eigenvalue weighted by Gasteiger charge is -2.30. The van der Waals surface area contributed by atoms with E-state index < -0.39 is 74.1 Å². The third-order valence-corrected chi connectivity index (χ3v) is 5.26. The maximum Gasteiger partial charge on any atom is 0.163 e. The van der Waals surface area contributed by atoms with Crippen LogP contribution in [0.4, 0.5) is 10.2 Å². The summed E-state index contributed by atoms with van der Waals surface area (Å²) in [5.74, 6) is -2.07. The molecule has 1 saturated carbocycles. The molecule has 1 aliphatic heterocycles. The lowest BCUT2D eigenvalue weighted by molar-refractivity contribution is 0.157. The molecule has 0 bridgehead atoms. The number of rotatable bonds is 6. The van der Waals surface area contributed by atoms with Gasteiger partial charge in [-0.3, -0.25) is 0 Å². The van der Waals surface area contributed by atoms with Gasteiger partial charge in [-0.2, -0.15) is 0 Å². The number of halogens is 2. The molecule has 0 radical (unpaired) electrons. The van der Waals surface area contributed by atoms with Crippen molar-refractivity contribution in [3.8, 4) is 11.5 Å². The van der Waals surface area contributed by atoms with Crippen molar-refractivity contribution in [2.24, 2.45) is 5.92 Å². The van der Waals surface area contributed by atoms with Crippen molar-refractivity contribution < 1.29 is 34.4 Å². The fourth-order valence-electron chi connectivity index (χ4n) is 3.19. The summed E-state index contributed by atoms with van der Waals surface area (Å²) in [7, 11) is -3.07. The second-order valence-corrected chi connectivity index (χ2v) is 7.67. The highest BCUT2D eigenvalue weighted by Crippen LogP contribution is 2.36. The molecule has 0 spiro atoms. The summed E-state index contributed by atoms with van der Waals surface area (Å²) >= 11 is 2.56. The number of hydrogen-bond donors (Lipinski definition) is 1. The van der Waals surface area contributed by atoms with E-state index in [0.29, 0.717) is 0 Å². The summed E-state index contributed by atoms with van der Waals surface area (Å²) in [6.45, 7) is -4.63. The first kappa shape index (κ1) is 9.86. The number of anilines is 1.